The van der Waals surface area contributed by atoms with Gasteiger partial charge in [0.25, 0.3) is 0 Å². The fourth-order valence-corrected chi connectivity index (χ4v) is 5.12. The lowest BCUT2D eigenvalue weighted by Crippen LogP contribution is -2.49. The summed E-state index contributed by atoms with van der Waals surface area (Å²) in [5, 5.41) is 19.3. The number of rotatable bonds is 9. The summed E-state index contributed by atoms with van der Waals surface area (Å²) in [6, 6.07) is 0.534. The minimum atomic E-state index is -0.310. The molecular formula is C24H46N2O3. The van der Waals surface area contributed by atoms with E-state index in [1.54, 1.807) is 0 Å². The van der Waals surface area contributed by atoms with Crippen molar-refractivity contribution >= 4 is 5.91 Å². The van der Waals surface area contributed by atoms with Crippen molar-refractivity contribution in [3.05, 3.63) is 0 Å². The van der Waals surface area contributed by atoms with Gasteiger partial charge in [-0.05, 0) is 51.0 Å². The van der Waals surface area contributed by atoms with Crippen LogP contribution in [0.1, 0.15) is 91.9 Å². The molecule has 4 atom stereocenters. The SMILES string of the molecule is CC1CCCCC1N(CCCCCCN1CCC(O)CC1CO)C(=O)C(C)(C)C. The number of nitrogens with zero attached hydrogens (tertiary/aromatic N) is 2. The number of piperidine rings is 1. The van der Waals surface area contributed by atoms with Crippen molar-refractivity contribution < 1.29 is 15.0 Å². The summed E-state index contributed by atoms with van der Waals surface area (Å²) in [5.41, 5.74) is -0.310. The number of hydrogen-bond acceptors (Lipinski definition) is 4. The summed E-state index contributed by atoms with van der Waals surface area (Å²) in [4.78, 5) is 17.7. The Labute approximate surface area is 178 Å². The Morgan fingerprint density at radius 1 is 1.07 bits per heavy atom. The fourth-order valence-electron chi connectivity index (χ4n) is 5.12. The van der Waals surface area contributed by atoms with Crippen molar-refractivity contribution in [2.75, 3.05) is 26.2 Å². The van der Waals surface area contributed by atoms with Crippen LogP contribution in [0.2, 0.25) is 0 Å². The molecule has 2 fully saturated rings. The minimum Gasteiger partial charge on any atom is -0.395 e. The Kier molecular flexibility index (Phi) is 9.90. The van der Waals surface area contributed by atoms with Crippen LogP contribution in [0.4, 0.5) is 0 Å². The monoisotopic (exact) mass is 410 g/mol. The first-order valence-corrected chi connectivity index (χ1v) is 12.1. The molecule has 0 aromatic rings. The molecule has 1 amide bonds. The van der Waals surface area contributed by atoms with Gasteiger partial charge in [0.1, 0.15) is 0 Å². The quantitative estimate of drug-likeness (QED) is 0.567. The second-order valence-corrected chi connectivity index (χ2v) is 10.5. The van der Waals surface area contributed by atoms with E-state index in [1.807, 2.05) is 20.8 Å². The standard InChI is InChI=1S/C24H46N2O3/c1-19-11-7-8-12-22(19)26(23(29)24(2,3)4)15-10-6-5-9-14-25-16-13-21(28)17-20(25)18-27/h19-22,27-28H,5-18H2,1-4H3. The van der Waals surface area contributed by atoms with E-state index in [4.69, 9.17) is 0 Å². The summed E-state index contributed by atoms with van der Waals surface area (Å²) in [6.07, 6.45) is 10.7. The van der Waals surface area contributed by atoms with E-state index in [-0.39, 0.29) is 24.2 Å². The summed E-state index contributed by atoms with van der Waals surface area (Å²) >= 11 is 0. The van der Waals surface area contributed by atoms with Crippen LogP contribution in [-0.2, 0) is 4.79 Å². The third kappa shape index (κ3) is 7.52. The van der Waals surface area contributed by atoms with Gasteiger partial charge in [-0.15, -0.1) is 0 Å². The largest absolute Gasteiger partial charge is 0.395 e. The Balaban J connectivity index is 1.75. The van der Waals surface area contributed by atoms with Crippen LogP contribution in [-0.4, -0.2) is 70.3 Å². The van der Waals surface area contributed by atoms with Crippen LogP contribution >= 0.6 is 0 Å². The number of hydrogen-bond donors (Lipinski definition) is 2. The van der Waals surface area contributed by atoms with Gasteiger partial charge in [0.15, 0.2) is 0 Å². The molecule has 0 aromatic heterocycles. The molecule has 0 aromatic carbocycles. The highest BCUT2D eigenvalue weighted by Crippen LogP contribution is 2.31. The highest BCUT2D eigenvalue weighted by molar-refractivity contribution is 5.81. The van der Waals surface area contributed by atoms with Crippen molar-refractivity contribution in [1.29, 1.82) is 0 Å². The molecule has 1 aliphatic heterocycles. The molecule has 29 heavy (non-hydrogen) atoms. The Morgan fingerprint density at radius 2 is 1.76 bits per heavy atom. The Morgan fingerprint density at radius 3 is 2.41 bits per heavy atom. The number of unbranched alkanes of at least 4 members (excludes halogenated alkanes) is 3. The molecule has 1 saturated carbocycles. The molecule has 5 nitrogen and oxygen atoms in total. The number of carbonyl (C=O) groups excluding carboxylic acids is 1. The molecule has 2 rings (SSSR count). The lowest BCUT2D eigenvalue weighted by atomic mass is 9.83. The van der Waals surface area contributed by atoms with E-state index in [9.17, 15) is 15.0 Å². The molecule has 5 heteroatoms. The van der Waals surface area contributed by atoms with E-state index >= 15 is 0 Å². The van der Waals surface area contributed by atoms with Crippen LogP contribution in [0.25, 0.3) is 0 Å². The van der Waals surface area contributed by atoms with Gasteiger partial charge in [-0.1, -0.05) is 53.4 Å². The zero-order chi connectivity index (χ0) is 21.4. The van der Waals surface area contributed by atoms with Crippen molar-refractivity contribution in [2.24, 2.45) is 11.3 Å². The highest BCUT2D eigenvalue weighted by atomic mass is 16.3. The molecule has 1 heterocycles. The first kappa shape index (κ1) is 24.6. The minimum absolute atomic E-state index is 0.117. The average molecular weight is 411 g/mol. The number of carbonyl (C=O) groups is 1. The van der Waals surface area contributed by atoms with Crippen LogP contribution in [0.15, 0.2) is 0 Å². The predicted octanol–water partition coefficient (Wildman–Crippen LogP) is 3.82. The number of amides is 1. The van der Waals surface area contributed by atoms with Crippen LogP contribution in [0.5, 0.6) is 0 Å². The zero-order valence-corrected chi connectivity index (χ0v) is 19.4. The van der Waals surface area contributed by atoms with Crippen molar-refractivity contribution in [3.8, 4) is 0 Å². The summed E-state index contributed by atoms with van der Waals surface area (Å²) < 4.78 is 0. The lowest BCUT2D eigenvalue weighted by Gasteiger charge is -2.41. The molecule has 4 unspecified atom stereocenters. The predicted molar refractivity (Wildman–Crippen MR) is 119 cm³/mol. The molecule has 170 valence electrons. The van der Waals surface area contributed by atoms with E-state index in [1.165, 1.54) is 19.3 Å². The lowest BCUT2D eigenvalue weighted by molar-refractivity contribution is -0.144. The van der Waals surface area contributed by atoms with Gasteiger partial charge in [0.05, 0.1) is 12.7 Å². The molecule has 1 saturated heterocycles. The Bertz CT molecular complexity index is 491. The number of aliphatic hydroxyl groups excluding tert-OH is 2. The smallest absolute Gasteiger partial charge is 0.228 e. The van der Waals surface area contributed by atoms with Gasteiger partial charge in [-0.25, -0.2) is 0 Å². The molecule has 0 spiro atoms. The topological polar surface area (TPSA) is 64.0 Å². The first-order chi connectivity index (χ1) is 13.7. The van der Waals surface area contributed by atoms with Crippen LogP contribution in [0, 0.1) is 11.3 Å². The van der Waals surface area contributed by atoms with Gasteiger partial charge < -0.3 is 15.1 Å². The third-order valence-corrected chi connectivity index (χ3v) is 6.98. The van der Waals surface area contributed by atoms with E-state index in [0.717, 1.165) is 58.2 Å². The maximum atomic E-state index is 13.1. The number of likely N-dealkylation sites (tertiary alicyclic amines) is 1. The first-order valence-electron chi connectivity index (χ1n) is 12.1. The second kappa shape index (κ2) is 11.7. The normalized spacial score (nSPS) is 29.0. The van der Waals surface area contributed by atoms with Gasteiger partial charge in [-0.3, -0.25) is 9.69 Å². The molecule has 1 aliphatic carbocycles. The summed E-state index contributed by atoms with van der Waals surface area (Å²) in [7, 11) is 0. The van der Waals surface area contributed by atoms with Crippen molar-refractivity contribution in [2.45, 2.75) is 110 Å². The number of aliphatic hydroxyl groups is 2. The average Bonchev–Trinajstić information content (AvgIpc) is 2.68. The summed E-state index contributed by atoms with van der Waals surface area (Å²) in [6.45, 7) is 11.4. The van der Waals surface area contributed by atoms with E-state index < -0.39 is 0 Å². The van der Waals surface area contributed by atoms with Crippen molar-refractivity contribution in [1.82, 2.24) is 9.80 Å². The van der Waals surface area contributed by atoms with Gasteiger partial charge in [0, 0.05) is 30.6 Å². The maximum absolute atomic E-state index is 13.1. The van der Waals surface area contributed by atoms with Gasteiger partial charge >= 0.3 is 0 Å². The summed E-state index contributed by atoms with van der Waals surface area (Å²) in [5.74, 6) is 0.925. The molecule has 0 bridgehead atoms. The maximum Gasteiger partial charge on any atom is 0.228 e. The molecule has 0 radical (unpaired) electrons. The highest BCUT2D eigenvalue weighted by Gasteiger charge is 2.35. The van der Waals surface area contributed by atoms with Gasteiger partial charge in [-0.2, -0.15) is 0 Å². The van der Waals surface area contributed by atoms with Crippen LogP contribution < -0.4 is 0 Å². The Hall–Kier alpha value is -0.650. The van der Waals surface area contributed by atoms with Crippen molar-refractivity contribution in [3.63, 3.8) is 0 Å². The molecule has 2 N–H and O–H groups in total. The van der Waals surface area contributed by atoms with Crippen LogP contribution in [0.3, 0.4) is 0 Å². The van der Waals surface area contributed by atoms with E-state index in [2.05, 4.69) is 16.7 Å². The molecular weight excluding hydrogens is 364 g/mol. The van der Waals surface area contributed by atoms with Gasteiger partial charge in [0.2, 0.25) is 5.91 Å². The fraction of sp³-hybridized carbons (Fsp3) is 0.958. The zero-order valence-electron chi connectivity index (χ0n) is 19.4. The molecule has 2 aliphatic rings. The third-order valence-electron chi connectivity index (χ3n) is 6.98. The van der Waals surface area contributed by atoms with E-state index in [0.29, 0.717) is 24.3 Å². The second-order valence-electron chi connectivity index (χ2n) is 10.5.